The van der Waals surface area contributed by atoms with Gasteiger partial charge in [-0.15, -0.1) is 0 Å². The molecule has 0 unspecified atom stereocenters. The van der Waals surface area contributed by atoms with E-state index in [1.165, 1.54) is 48.5 Å². The average Bonchev–Trinajstić information content (AvgIpc) is 2.70. The van der Waals surface area contributed by atoms with Gasteiger partial charge < -0.3 is 5.32 Å². The van der Waals surface area contributed by atoms with Gasteiger partial charge in [0, 0.05) is 23.4 Å². The van der Waals surface area contributed by atoms with Crippen molar-refractivity contribution in [1.82, 2.24) is 0 Å². The minimum absolute atomic E-state index is 0.128. The lowest BCUT2D eigenvalue weighted by Crippen LogP contribution is -2.14. The summed E-state index contributed by atoms with van der Waals surface area (Å²) in [7, 11) is -3.74. The van der Waals surface area contributed by atoms with E-state index in [1.54, 1.807) is 25.1 Å². The Morgan fingerprint density at radius 1 is 0.933 bits per heavy atom. The highest BCUT2D eigenvalue weighted by Gasteiger charge is 2.15. The second-order valence-corrected chi connectivity index (χ2v) is 8.39. The summed E-state index contributed by atoms with van der Waals surface area (Å²) in [5.74, 6) is -0.466. The van der Waals surface area contributed by atoms with E-state index in [1.807, 2.05) is 6.92 Å². The Bertz CT molecular complexity index is 1200. The van der Waals surface area contributed by atoms with Gasteiger partial charge in [0.2, 0.25) is 0 Å². The minimum atomic E-state index is -3.74. The molecule has 0 fully saturated rings. The minimum Gasteiger partial charge on any atom is -0.321 e. The van der Waals surface area contributed by atoms with Crippen LogP contribution in [0.4, 0.5) is 17.1 Å². The summed E-state index contributed by atoms with van der Waals surface area (Å²) in [4.78, 5) is 23.0. The first-order chi connectivity index (χ1) is 14.2. The van der Waals surface area contributed by atoms with Crippen molar-refractivity contribution in [2.24, 2.45) is 0 Å². The lowest BCUT2D eigenvalue weighted by Gasteiger charge is -2.10. The molecule has 8 nitrogen and oxygen atoms in total. The predicted molar refractivity (Wildman–Crippen MR) is 114 cm³/mol. The van der Waals surface area contributed by atoms with Gasteiger partial charge in [-0.25, -0.2) is 8.42 Å². The van der Waals surface area contributed by atoms with E-state index in [2.05, 4.69) is 10.0 Å². The van der Waals surface area contributed by atoms with Crippen LogP contribution in [0.3, 0.4) is 0 Å². The number of amides is 1. The summed E-state index contributed by atoms with van der Waals surface area (Å²) in [5.41, 5.74) is 2.41. The number of nitro benzene ring substituents is 1. The molecule has 154 valence electrons. The SMILES string of the molecule is Cc1ccc(S(=O)(=O)Nc2ccc(C(=O)Nc3cc([N+](=O)[O-])ccc3C)cc2)cc1. The fourth-order valence-corrected chi connectivity index (χ4v) is 3.73. The molecule has 0 saturated carbocycles. The first-order valence-corrected chi connectivity index (χ1v) is 10.4. The number of nitrogens with zero attached hydrogens (tertiary/aromatic N) is 1. The highest BCUT2D eigenvalue weighted by atomic mass is 32.2. The molecule has 3 aromatic carbocycles. The average molecular weight is 425 g/mol. The molecule has 9 heteroatoms. The van der Waals surface area contributed by atoms with Crippen molar-refractivity contribution in [2.75, 3.05) is 10.0 Å². The predicted octanol–water partition coefficient (Wildman–Crippen LogP) is 4.26. The van der Waals surface area contributed by atoms with Crippen LogP contribution in [0.5, 0.6) is 0 Å². The molecule has 3 aromatic rings. The number of aryl methyl sites for hydroxylation is 2. The van der Waals surface area contributed by atoms with Gasteiger partial charge in [-0.1, -0.05) is 23.8 Å². The lowest BCUT2D eigenvalue weighted by molar-refractivity contribution is -0.384. The van der Waals surface area contributed by atoms with Gasteiger partial charge in [0.15, 0.2) is 0 Å². The molecule has 0 spiro atoms. The number of carbonyl (C=O) groups excluding carboxylic acids is 1. The highest BCUT2D eigenvalue weighted by Crippen LogP contribution is 2.23. The van der Waals surface area contributed by atoms with Gasteiger partial charge in [-0.2, -0.15) is 0 Å². The molecule has 0 atom stereocenters. The van der Waals surface area contributed by atoms with Crippen LogP contribution >= 0.6 is 0 Å². The number of nitro groups is 1. The standard InChI is InChI=1S/C21H19N3O5S/c1-14-3-11-19(12-4-14)30(28,29)23-17-8-6-16(7-9-17)21(25)22-20-13-18(24(26)27)10-5-15(20)2/h3-13,23H,1-2H3,(H,22,25). The smallest absolute Gasteiger partial charge is 0.271 e. The molecule has 0 heterocycles. The molecule has 0 aliphatic heterocycles. The molecule has 0 aliphatic carbocycles. The van der Waals surface area contributed by atoms with Crippen molar-refractivity contribution >= 4 is 33.0 Å². The molecule has 2 N–H and O–H groups in total. The zero-order valence-corrected chi connectivity index (χ0v) is 17.1. The molecule has 30 heavy (non-hydrogen) atoms. The maximum absolute atomic E-state index is 12.5. The number of non-ortho nitro benzene ring substituents is 1. The van der Waals surface area contributed by atoms with E-state index in [-0.39, 0.29) is 16.1 Å². The van der Waals surface area contributed by atoms with Crippen molar-refractivity contribution in [3.63, 3.8) is 0 Å². The zero-order chi connectivity index (χ0) is 21.9. The maximum Gasteiger partial charge on any atom is 0.271 e. The fourth-order valence-electron chi connectivity index (χ4n) is 2.67. The number of anilines is 2. The Morgan fingerprint density at radius 3 is 2.17 bits per heavy atom. The Morgan fingerprint density at radius 2 is 1.57 bits per heavy atom. The molecule has 0 aromatic heterocycles. The number of benzene rings is 3. The number of nitrogens with one attached hydrogen (secondary N) is 2. The zero-order valence-electron chi connectivity index (χ0n) is 16.2. The highest BCUT2D eigenvalue weighted by molar-refractivity contribution is 7.92. The molecule has 0 bridgehead atoms. The summed E-state index contributed by atoms with van der Waals surface area (Å²) < 4.78 is 27.4. The third-order valence-electron chi connectivity index (χ3n) is 4.41. The monoisotopic (exact) mass is 425 g/mol. The van der Waals surface area contributed by atoms with Crippen molar-refractivity contribution in [1.29, 1.82) is 0 Å². The number of carbonyl (C=O) groups is 1. The van der Waals surface area contributed by atoms with Gasteiger partial charge in [-0.05, 0) is 55.8 Å². The van der Waals surface area contributed by atoms with Gasteiger partial charge in [-0.3, -0.25) is 19.6 Å². The largest absolute Gasteiger partial charge is 0.321 e. The van der Waals surface area contributed by atoms with Crippen LogP contribution in [-0.4, -0.2) is 19.2 Å². The van der Waals surface area contributed by atoms with E-state index < -0.39 is 20.9 Å². The fraction of sp³-hybridized carbons (Fsp3) is 0.0952. The van der Waals surface area contributed by atoms with E-state index in [9.17, 15) is 23.3 Å². The van der Waals surface area contributed by atoms with Gasteiger partial charge in [0.25, 0.3) is 21.6 Å². The molecule has 0 saturated heterocycles. The lowest BCUT2D eigenvalue weighted by atomic mass is 10.1. The first kappa shape index (κ1) is 21.0. The van der Waals surface area contributed by atoms with Crippen LogP contribution in [-0.2, 0) is 10.0 Å². The van der Waals surface area contributed by atoms with E-state index >= 15 is 0 Å². The van der Waals surface area contributed by atoms with Gasteiger partial charge >= 0.3 is 0 Å². The maximum atomic E-state index is 12.5. The number of sulfonamides is 1. The van der Waals surface area contributed by atoms with Crippen molar-refractivity contribution < 1.29 is 18.1 Å². The molecule has 1 amide bonds. The molecule has 0 radical (unpaired) electrons. The Balaban J connectivity index is 1.74. The van der Waals surface area contributed by atoms with Crippen LogP contribution in [0.15, 0.2) is 71.6 Å². The molecule has 0 aliphatic rings. The van der Waals surface area contributed by atoms with Gasteiger partial charge in [0.05, 0.1) is 15.5 Å². The Labute approximate surface area is 173 Å². The van der Waals surface area contributed by atoms with Crippen molar-refractivity contribution in [3.05, 3.63) is 93.5 Å². The van der Waals surface area contributed by atoms with Gasteiger partial charge in [0.1, 0.15) is 0 Å². The summed E-state index contributed by atoms with van der Waals surface area (Å²) in [6, 6.07) is 16.5. The van der Waals surface area contributed by atoms with E-state index in [0.717, 1.165) is 5.56 Å². The summed E-state index contributed by atoms with van der Waals surface area (Å²) in [6.07, 6.45) is 0. The molecule has 3 rings (SSSR count). The second kappa shape index (κ2) is 8.34. The first-order valence-electron chi connectivity index (χ1n) is 8.92. The van der Waals surface area contributed by atoms with Crippen LogP contribution in [0.1, 0.15) is 21.5 Å². The quantitative estimate of drug-likeness (QED) is 0.452. The molecular weight excluding hydrogens is 406 g/mol. The van der Waals surface area contributed by atoms with E-state index in [4.69, 9.17) is 0 Å². The Kier molecular flexibility index (Phi) is 5.84. The Hall–Kier alpha value is -3.72. The van der Waals surface area contributed by atoms with Crippen LogP contribution in [0, 0.1) is 24.0 Å². The van der Waals surface area contributed by atoms with E-state index in [0.29, 0.717) is 16.9 Å². The second-order valence-electron chi connectivity index (χ2n) is 6.71. The summed E-state index contributed by atoms with van der Waals surface area (Å²) in [5, 5.41) is 13.6. The topological polar surface area (TPSA) is 118 Å². The number of hydrogen-bond acceptors (Lipinski definition) is 5. The van der Waals surface area contributed by atoms with Crippen LogP contribution in [0.25, 0.3) is 0 Å². The number of hydrogen-bond donors (Lipinski definition) is 2. The third-order valence-corrected chi connectivity index (χ3v) is 5.81. The van der Waals surface area contributed by atoms with Crippen LogP contribution < -0.4 is 10.0 Å². The van der Waals surface area contributed by atoms with Crippen molar-refractivity contribution in [2.45, 2.75) is 18.7 Å². The third kappa shape index (κ3) is 4.81. The normalized spacial score (nSPS) is 11.0. The summed E-state index contributed by atoms with van der Waals surface area (Å²) >= 11 is 0. The molecular formula is C21H19N3O5S. The summed E-state index contributed by atoms with van der Waals surface area (Å²) in [6.45, 7) is 3.59. The van der Waals surface area contributed by atoms with Crippen LogP contribution in [0.2, 0.25) is 0 Å². The number of rotatable bonds is 6. The van der Waals surface area contributed by atoms with Crippen molar-refractivity contribution in [3.8, 4) is 0 Å².